The second-order valence-electron chi connectivity index (χ2n) is 6.45. The number of amides is 4. The first-order chi connectivity index (χ1) is 11.4. The summed E-state index contributed by atoms with van der Waals surface area (Å²) >= 11 is 1.68. The van der Waals surface area contributed by atoms with Crippen LogP contribution in [0.5, 0.6) is 0 Å². The normalized spacial score (nSPS) is 20.5. The number of imide groups is 1. The number of hydrogen-bond donors (Lipinski definition) is 0. The molecule has 1 atom stereocenters. The molecular weight excluding hydrogens is 328 g/mol. The summed E-state index contributed by atoms with van der Waals surface area (Å²) in [5.74, 6) is -0.481. The van der Waals surface area contributed by atoms with Crippen LogP contribution in [0.1, 0.15) is 34.8 Å². The van der Waals surface area contributed by atoms with Crippen LogP contribution in [-0.4, -0.2) is 64.7 Å². The Balaban J connectivity index is 1.62. The average Bonchev–Trinajstić information content (AvgIpc) is 3.05. The number of aromatic nitrogens is 1. The predicted molar refractivity (Wildman–Crippen MR) is 89.6 cm³/mol. The molecule has 0 aromatic carbocycles. The molecule has 24 heavy (non-hydrogen) atoms. The SMILES string of the molecule is CN(Cc1nc2c(s1)CCCC2)C(=O)C[C@@H]1C(=O)N(C)C(=O)N1C. The van der Waals surface area contributed by atoms with E-state index in [1.165, 1.54) is 35.4 Å². The Kier molecular flexibility index (Phi) is 4.58. The van der Waals surface area contributed by atoms with Gasteiger partial charge in [0.05, 0.1) is 18.7 Å². The highest BCUT2D eigenvalue weighted by atomic mass is 32.1. The average molecular weight is 350 g/mol. The summed E-state index contributed by atoms with van der Waals surface area (Å²) in [7, 11) is 4.71. The molecule has 8 heteroatoms. The molecule has 1 aliphatic carbocycles. The van der Waals surface area contributed by atoms with Crippen molar-refractivity contribution < 1.29 is 14.4 Å². The highest BCUT2D eigenvalue weighted by Crippen LogP contribution is 2.27. The first-order valence-electron chi connectivity index (χ1n) is 8.14. The van der Waals surface area contributed by atoms with Gasteiger partial charge in [0, 0.05) is 26.0 Å². The molecule has 0 spiro atoms. The maximum atomic E-state index is 12.4. The Morgan fingerprint density at radius 1 is 1.29 bits per heavy atom. The highest BCUT2D eigenvalue weighted by molar-refractivity contribution is 7.11. The molecule has 1 aromatic heterocycles. The summed E-state index contributed by atoms with van der Waals surface area (Å²) in [4.78, 5) is 46.3. The van der Waals surface area contributed by atoms with Crippen LogP contribution in [-0.2, 0) is 29.0 Å². The number of likely N-dealkylation sites (N-methyl/N-ethyl adjacent to an activating group) is 2. The van der Waals surface area contributed by atoms with Gasteiger partial charge in [0.15, 0.2) is 0 Å². The van der Waals surface area contributed by atoms with Gasteiger partial charge in [0.25, 0.3) is 5.91 Å². The van der Waals surface area contributed by atoms with Crippen LogP contribution >= 0.6 is 11.3 Å². The number of thiazole rings is 1. The second-order valence-corrected chi connectivity index (χ2v) is 7.61. The van der Waals surface area contributed by atoms with E-state index in [0.717, 1.165) is 22.7 Å². The third-order valence-electron chi connectivity index (χ3n) is 4.73. The Morgan fingerprint density at radius 2 is 2.00 bits per heavy atom. The largest absolute Gasteiger partial charge is 0.339 e. The summed E-state index contributed by atoms with van der Waals surface area (Å²) in [6.45, 7) is 0.449. The highest BCUT2D eigenvalue weighted by Gasteiger charge is 2.42. The summed E-state index contributed by atoms with van der Waals surface area (Å²) in [6, 6.07) is -1.07. The summed E-state index contributed by atoms with van der Waals surface area (Å²) < 4.78 is 0. The third kappa shape index (κ3) is 3.02. The Hall–Kier alpha value is -1.96. The number of rotatable bonds is 4. The quantitative estimate of drug-likeness (QED) is 0.767. The number of fused-ring (bicyclic) bond motifs is 1. The van der Waals surface area contributed by atoms with Gasteiger partial charge in [-0.05, 0) is 25.7 Å². The van der Waals surface area contributed by atoms with Crippen molar-refractivity contribution in [3.63, 3.8) is 0 Å². The van der Waals surface area contributed by atoms with Gasteiger partial charge in [-0.1, -0.05) is 0 Å². The molecule has 130 valence electrons. The molecule has 0 unspecified atom stereocenters. The molecule has 0 N–H and O–H groups in total. The Bertz CT molecular complexity index is 663. The lowest BCUT2D eigenvalue weighted by molar-refractivity contribution is -0.135. The number of urea groups is 1. The van der Waals surface area contributed by atoms with Crippen LogP contribution in [0.25, 0.3) is 0 Å². The zero-order valence-corrected chi connectivity index (χ0v) is 15.1. The van der Waals surface area contributed by atoms with Gasteiger partial charge < -0.3 is 9.80 Å². The van der Waals surface area contributed by atoms with Gasteiger partial charge in [0.1, 0.15) is 11.0 Å². The molecular formula is C16H22N4O3S. The lowest BCUT2D eigenvalue weighted by atomic mass is 10.0. The molecule has 2 aliphatic rings. The Morgan fingerprint density at radius 3 is 2.62 bits per heavy atom. The van der Waals surface area contributed by atoms with E-state index in [1.807, 2.05) is 0 Å². The smallest absolute Gasteiger partial charge is 0.326 e. The van der Waals surface area contributed by atoms with Crippen molar-refractivity contribution in [2.24, 2.45) is 0 Å². The lowest BCUT2D eigenvalue weighted by Crippen LogP contribution is -2.38. The fourth-order valence-electron chi connectivity index (χ4n) is 3.16. The van der Waals surface area contributed by atoms with Gasteiger partial charge in [-0.25, -0.2) is 9.78 Å². The summed E-state index contributed by atoms with van der Waals surface area (Å²) in [5.41, 5.74) is 1.18. The molecule has 1 aliphatic heterocycles. The molecule has 3 rings (SSSR count). The van der Waals surface area contributed by atoms with Crippen molar-refractivity contribution in [1.82, 2.24) is 19.7 Å². The number of carbonyl (C=O) groups excluding carboxylic acids is 3. The molecule has 2 heterocycles. The molecule has 7 nitrogen and oxygen atoms in total. The topological polar surface area (TPSA) is 73.8 Å². The molecule has 0 bridgehead atoms. The van der Waals surface area contributed by atoms with E-state index in [9.17, 15) is 14.4 Å². The minimum absolute atomic E-state index is 0.00695. The molecule has 0 saturated carbocycles. The van der Waals surface area contributed by atoms with Crippen LogP contribution in [0.4, 0.5) is 4.79 Å². The first kappa shape index (κ1) is 16.9. The zero-order valence-electron chi connectivity index (χ0n) is 14.2. The van der Waals surface area contributed by atoms with E-state index in [0.29, 0.717) is 6.54 Å². The van der Waals surface area contributed by atoms with Crippen LogP contribution in [0.15, 0.2) is 0 Å². The van der Waals surface area contributed by atoms with E-state index in [-0.39, 0.29) is 24.3 Å². The number of hydrogen-bond acceptors (Lipinski definition) is 5. The number of aryl methyl sites for hydroxylation is 2. The van der Waals surface area contributed by atoms with Gasteiger partial charge in [0.2, 0.25) is 5.91 Å². The minimum atomic E-state index is -0.707. The van der Waals surface area contributed by atoms with Crippen molar-refractivity contribution in [1.29, 1.82) is 0 Å². The Labute approximate surface area is 145 Å². The zero-order chi connectivity index (χ0) is 17.4. The van der Waals surface area contributed by atoms with Crippen molar-refractivity contribution in [3.8, 4) is 0 Å². The van der Waals surface area contributed by atoms with Crippen LogP contribution in [0, 0.1) is 0 Å². The molecule has 1 fully saturated rings. The summed E-state index contributed by atoms with van der Waals surface area (Å²) in [5, 5.41) is 0.942. The maximum Gasteiger partial charge on any atom is 0.326 e. The van der Waals surface area contributed by atoms with Crippen LogP contribution in [0.3, 0.4) is 0 Å². The molecule has 4 amide bonds. The van der Waals surface area contributed by atoms with Gasteiger partial charge in [-0.2, -0.15) is 0 Å². The predicted octanol–water partition coefficient (Wildman–Crippen LogP) is 1.26. The van der Waals surface area contributed by atoms with E-state index >= 15 is 0 Å². The van der Waals surface area contributed by atoms with Crippen LogP contribution < -0.4 is 0 Å². The lowest BCUT2D eigenvalue weighted by Gasteiger charge is -2.20. The summed E-state index contributed by atoms with van der Waals surface area (Å²) in [6.07, 6.45) is 4.51. The number of nitrogens with zero attached hydrogens (tertiary/aromatic N) is 4. The van der Waals surface area contributed by atoms with E-state index in [4.69, 9.17) is 0 Å². The minimum Gasteiger partial charge on any atom is -0.339 e. The van der Waals surface area contributed by atoms with E-state index < -0.39 is 6.04 Å². The van der Waals surface area contributed by atoms with Gasteiger partial charge in [-0.15, -0.1) is 11.3 Å². The molecule has 0 radical (unpaired) electrons. The molecule has 1 aromatic rings. The van der Waals surface area contributed by atoms with Crippen molar-refractivity contribution in [2.45, 2.75) is 44.7 Å². The second kappa shape index (κ2) is 6.51. The van der Waals surface area contributed by atoms with Crippen molar-refractivity contribution in [2.75, 3.05) is 21.1 Å². The van der Waals surface area contributed by atoms with E-state index in [2.05, 4.69) is 4.98 Å². The molecule has 1 saturated heterocycles. The van der Waals surface area contributed by atoms with Gasteiger partial charge in [-0.3, -0.25) is 14.5 Å². The standard InChI is InChI=1S/C16H22N4O3S/c1-18(9-13-17-10-6-4-5-7-12(10)24-13)14(21)8-11-15(22)20(3)16(23)19(11)2/h11H,4-9H2,1-3H3/t11-/m1/s1. The van der Waals surface area contributed by atoms with E-state index in [1.54, 1.807) is 30.3 Å². The fourth-order valence-corrected chi connectivity index (χ4v) is 4.37. The van der Waals surface area contributed by atoms with Crippen LogP contribution in [0.2, 0.25) is 0 Å². The number of carbonyl (C=O) groups is 3. The monoisotopic (exact) mass is 350 g/mol. The van der Waals surface area contributed by atoms with Gasteiger partial charge >= 0.3 is 6.03 Å². The first-order valence-corrected chi connectivity index (χ1v) is 8.96. The maximum absolute atomic E-state index is 12.4. The van der Waals surface area contributed by atoms with Crippen molar-refractivity contribution >= 4 is 29.2 Å². The third-order valence-corrected chi connectivity index (χ3v) is 5.87. The fraction of sp³-hybridized carbons (Fsp3) is 0.625. The van der Waals surface area contributed by atoms with Crippen molar-refractivity contribution in [3.05, 3.63) is 15.6 Å².